The van der Waals surface area contributed by atoms with E-state index in [1.807, 2.05) is 0 Å². The zero-order chi connectivity index (χ0) is 19.6. The van der Waals surface area contributed by atoms with Crippen molar-refractivity contribution in [3.05, 3.63) is 41.5 Å². The van der Waals surface area contributed by atoms with E-state index < -0.39 is 0 Å². The van der Waals surface area contributed by atoms with E-state index in [1.54, 1.807) is 0 Å². The molecule has 156 valence electrons. The lowest BCUT2D eigenvalue weighted by atomic mass is 9.90. The molecule has 1 aromatic rings. The smallest absolute Gasteiger partial charge is 0.317 e. The Kier molecular flexibility index (Phi) is 5.63. The average Bonchev–Trinajstić information content (AvgIpc) is 3.51. The Morgan fingerprint density at radius 1 is 1.00 bits per heavy atom. The zero-order valence-electron chi connectivity index (χ0n) is 17.6. The second-order valence-corrected chi connectivity index (χ2v) is 9.59. The molecule has 4 heteroatoms. The van der Waals surface area contributed by atoms with Crippen molar-refractivity contribution in [1.29, 1.82) is 0 Å². The molecule has 4 aliphatic rings. The van der Waals surface area contributed by atoms with Crippen LogP contribution in [-0.2, 0) is 6.42 Å². The van der Waals surface area contributed by atoms with E-state index in [-0.39, 0.29) is 6.03 Å². The van der Waals surface area contributed by atoms with Gasteiger partial charge in [-0.1, -0.05) is 43.2 Å². The molecule has 0 spiro atoms. The number of benzene rings is 1. The fourth-order valence-corrected chi connectivity index (χ4v) is 5.88. The van der Waals surface area contributed by atoms with Gasteiger partial charge in [0.2, 0.25) is 0 Å². The molecule has 2 aliphatic heterocycles. The van der Waals surface area contributed by atoms with Crippen LogP contribution in [0.3, 0.4) is 0 Å². The number of nitrogens with zero attached hydrogens (tertiary/aromatic N) is 2. The predicted molar refractivity (Wildman–Crippen MR) is 118 cm³/mol. The topological polar surface area (TPSA) is 35.6 Å². The number of amides is 2. The minimum atomic E-state index is 0.169. The third-order valence-electron chi connectivity index (χ3n) is 7.65. The van der Waals surface area contributed by atoms with Gasteiger partial charge in [-0.2, -0.15) is 0 Å². The molecule has 2 atom stereocenters. The summed E-state index contributed by atoms with van der Waals surface area (Å²) < 4.78 is 0. The largest absolute Gasteiger partial charge is 0.335 e. The lowest BCUT2D eigenvalue weighted by Gasteiger charge is -2.21. The van der Waals surface area contributed by atoms with E-state index in [4.69, 9.17) is 0 Å². The summed E-state index contributed by atoms with van der Waals surface area (Å²) in [6, 6.07) is 9.84. The third-order valence-corrected chi connectivity index (χ3v) is 7.65. The van der Waals surface area contributed by atoms with E-state index in [1.165, 1.54) is 62.0 Å². The highest BCUT2D eigenvalue weighted by Gasteiger charge is 2.40. The zero-order valence-corrected chi connectivity index (χ0v) is 17.6. The molecule has 2 aliphatic carbocycles. The maximum atomic E-state index is 12.7. The molecule has 2 heterocycles. The van der Waals surface area contributed by atoms with Crippen molar-refractivity contribution in [2.24, 2.45) is 11.8 Å². The molecule has 1 saturated carbocycles. The number of hydrogen-bond donors (Lipinski definition) is 1. The summed E-state index contributed by atoms with van der Waals surface area (Å²) in [4.78, 5) is 17.4. The first-order valence-electron chi connectivity index (χ1n) is 11.8. The van der Waals surface area contributed by atoms with Crippen LogP contribution in [0.2, 0.25) is 0 Å². The molecule has 0 radical (unpaired) electrons. The number of carbonyl (C=O) groups excluding carboxylic acids is 1. The van der Waals surface area contributed by atoms with E-state index >= 15 is 0 Å². The summed E-state index contributed by atoms with van der Waals surface area (Å²) >= 11 is 0. The first-order chi connectivity index (χ1) is 14.3. The minimum absolute atomic E-state index is 0.169. The summed E-state index contributed by atoms with van der Waals surface area (Å²) in [5, 5.41) is 3.27. The third kappa shape index (κ3) is 4.23. The number of urea groups is 1. The first kappa shape index (κ1) is 19.2. The second-order valence-electron chi connectivity index (χ2n) is 9.59. The molecule has 0 bridgehead atoms. The Hall–Kier alpha value is -1.81. The lowest BCUT2D eigenvalue weighted by molar-refractivity contribution is 0.202. The van der Waals surface area contributed by atoms with Gasteiger partial charge in [-0.25, -0.2) is 4.79 Å². The van der Waals surface area contributed by atoms with Gasteiger partial charge in [0.15, 0.2) is 0 Å². The van der Waals surface area contributed by atoms with Crippen molar-refractivity contribution in [3.8, 4) is 0 Å². The molecule has 1 aromatic carbocycles. The monoisotopic (exact) mass is 393 g/mol. The van der Waals surface area contributed by atoms with Gasteiger partial charge in [0.1, 0.15) is 0 Å². The summed E-state index contributed by atoms with van der Waals surface area (Å²) in [6.45, 7) is 5.54. The molecular formula is C25H35N3O. The highest BCUT2D eigenvalue weighted by molar-refractivity contribution is 5.77. The predicted octanol–water partition coefficient (Wildman–Crippen LogP) is 4.31. The van der Waals surface area contributed by atoms with Crippen molar-refractivity contribution in [1.82, 2.24) is 15.1 Å². The van der Waals surface area contributed by atoms with Crippen molar-refractivity contribution in [2.45, 2.75) is 57.4 Å². The van der Waals surface area contributed by atoms with Crippen LogP contribution in [0.15, 0.2) is 30.3 Å². The van der Waals surface area contributed by atoms with Crippen LogP contribution in [0, 0.1) is 11.8 Å². The van der Waals surface area contributed by atoms with Gasteiger partial charge in [0.05, 0.1) is 0 Å². The van der Waals surface area contributed by atoms with Gasteiger partial charge in [0, 0.05) is 31.6 Å². The molecule has 1 N–H and O–H groups in total. The number of allylic oxidation sites excluding steroid dienone is 1. The Bertz CT molecular complexity index is 744. The van der Waals surface area contributed by atoms with Crippen LogP contribution in [0.25, 0.3) is 5.57 Å². The van der Waals surface area contributed by atoms with Crippen molar-refractivity contribution in [2.75, 3.05) is 32.7 Å². The van der Waals surface area contributed by atoms with Crippen LogP contribution in [0.1, 0.15) is 56.1 Å². The van der Waals surface area contributed by atoms with Gasteiger partial charge in [0.25, 0.3) is 0 Å². The summed E-state index contributed by atoms with van der Waals surface area (Å²) in [6.07, 6.45) is 12.3. The van der Waals surface area contributed by atoms with Crippen LogP contribution in [-0.4, -0.2) is 54.6 Å². The second kappa shape index (κ2) is 8.51. The Balaban J connectivity index is 1.17. The van der Waals surface area contributed by atoms with Gasteiger partial charge in [-0.05, 0) is 74.2 Å². The maximum Gasteiger partial charge on any atom is 0.317 e. The van der Waals surface area contributed by atoms with Gasteiger partial charge in [-0.3, -0.25) is 0 Å². The van der Waals surface area contributed by atoms with Gasteiger partial charge in [-0.15, -0.1) is 0 Å². The highest BCUT2D eigenvalue weighted by atomic mass is 16.2. The number of hydrogen-bond acceptors (Lipinski definition) is 2. The summed E-state index contributed by atoms with van der Waals surface area (Å²) in [5.41, 5.74) is 4.28. The molecule has 2 amide bonds. The van der Waals surface area contributed by atoms with Crippen LogP contribution < -0.4 is 5.32 Å². The van der Waals surface area contributed by atoms with E-state index in [9.17, 15) is 4.79 Å². The molecular weight excluding hydrogens is 358 g/mol. The molecule has 4 nitrogen and oxygen atoms in total. The maximum absolute atomic E-state index is 12.7. The molecule has 0 unspecified atom stereocenters. The number of rotatable bonds is 5. The van der Waals surface area contributed by atoms with Crippen molar-refractivity contribution in [3.63, 3.8) is 0 Å². The van der Waals surface area contributed by atoms with E-state index in [2.05, 4.69) is 45.5 Å². The van der Waals surface area contributed by atoms with E-state index in [0.29, 0.717) is 17.9 Å². The lowest BCUT2D eigenvalue weighted by Crippen LogP contribution is -2.43. The fraction of sp³-hybridized carbons (Fsp3) is 0.640. The number of nitrogens with one attached hydrogen (secondary N) is 1. The van der Waals surface area contributed by atoms with Crippen LogP contribution in [0.4, 0.5) is 4.79 Å². The van der Waals surface area contributed by atoms with Crippen LogP contribution in [0.5, 0.6) is 0 Å². The quantitative estimate of drug-likeness (QED) is 0.809. The molecule has 2 saturated heterocycles. The molecule has 3 fully saturated rings. The normalized spacial score (nSPS) is 27.4. The standard InChI is InChI=1S/C25H35N3O/c29-25(26-22-5-1-2-6-22)28-17-21-11-12-23(24(21)18-28)20-9-7-19(8-10-20)13-16-27-14-3-4-15-27/h7-10,12,21-22,24H,1-6,11,13-18H2,(H,26,29)/t21-,24+/m1/s1. The summed E-state index contributed by atoms with van der Waals surface area (Å²) in [5.74, 6) is 1.12. The SMILES string of the molecule is O=C(NC1CCCC1)N1C[C@H]2CC=C(c3ccc(CCN4CCCC4)cc3)[C@H]2C1. The first-order valence-corrected chi connectivity index (χ1v) is 11.8. The number of likely N-dealkylation sites (tertiary alicyclic amines) is 2. The number of fused-ring (bicyclic) bond motifs is 1. The molecule has 29 heavy (non-hydrogen) atoms. The molecule has 0 aromatic heterocycles. The Labute approximate surface area is 175 Å². The minimum Gasteiger partial charge on any atom is -0.335 e. The highest BCUT2D eigenvalue weighted by Crippen LogP contribution is 2.43. The Morgan fingerprint density at radius 3 is 2.52 bits per heavy atom. The number of carbonyl (C=O) groups is 1. The van der Waals surface area contributed by atoms with Crippen molar-refractivity contribution < 1.29 is 4.79 Å². The average molecular weight is 394 g/mol. The van der Waals surface area contributed by atoms with Crippen LogP contribution >= 0.6 is 0 Å². The summed E-state index contributed by atoms with van der Waals surface area (Å²) in [7, 11) is 0. The van der Waals surface area contributed by atoms with E-state index in [0.717, 1.165) is 38.8 Å². The fourth-order valence-electron chi connectivity index (χ4n) is 5.88. The molecule has 5 rings (SSSR count). The van der Waals surface area contributed by atoms with Gasteiger partial charge < -0.3 is 15.1 Å². The van der Waals surface area contributed by atoms with Crippen molar-refractivity contribution >= 4 is 11.6 Å². The Morgan fingerprint density at radius 2 is 1.76 bits per heavy atom. The van der Waals surface area contributed by atoms with Gasteiger partial charge >= 0.3 is 6.03 Å².